The van der Waals surface area contributed by atoms with Gasteiger partial charge in [0, 0.05) is 6.07 Å². The van der Waals surface area contributed by atoms with Crippen molar-refractivity contribution in [3.8, 4) is 5.75 Å². The van der Waals surface area contributed by atoms with E-state index in [0.717, 1.165) is 5.56 Å². The van der Waals surface area contributed by atoms with Gasteiger partial charge in [-0.25, -0.2) is 4.39 Å². The summed E-state index contributed by atoms with van der Waals surface area (Å²) in [6.45, 7) is 1.66. The maximum absolute atomic E-state index is 12.9. The molecule has 0 aliphatic heterocycles. The summed E-state index contributed by atoms with van der Waals surface area (Å²) in [5.74, 6) is -0.146. The van der Waals surface area contributed by atoms with E-state index in [4.69, 9.17) is 27.9 Å². The van der Waals surface area contributed by atoms with Gasteiger partial charge >= 0.3 is 0 Å². The van der Waals surface area contributed by atoms with Crippen molar-refractivity contribution in [3.05, 3.63) is 63.9 Å². The third-order valence-electron chi connectivity index (χ3n) is 3.01. The zero-order valence-corrected chi connectivity index (χ0v) is 13.3. The van der Waals surface area contributed by atoms with Gasteiger partial charge in [-0.05, 0) is 36.8 Å². The first kappa shape index (κ1) is 16.6. The van der Waals surface area contributed by atoms with Crippen LogP contribution >= 0.6 is 23.2 Å². The molecule has 3 nitrogen and oxygen atoms in total. The highest BCUT2D eigenvalue weighted by molar-refractivity contribution is 6.42. The Labute approximate surface area is 138 Å². The Hall–Kier alpha value is -1.78. The van der Waals surface area contributed by atoms with Gasteiger partial charge in [0.2, 0.25) is 0 Å². The van der Waals surface area contributed by atoms with Gasteiger partial charge in [0.05, 0.1) is 16.1 Å². The lowest BCUT2D eigenvalue weighted by Crippen LogP contribution is -2.31. The van der Waals surface area contributed by atoms with Crippen LogP contribution in [0.1, 0.15) is 18.5 Å². The van der Waals surface area contributed by atoms with Gasteiger partial charge in [0.1, 0.15) is 11.6 Å². The number of benzene rings is 2. The van der Waals surface area contributed by atoms with Gasteiger partial charge in [-0.15, -0.1) is 0 Å². The molecule has 116 valence electrons. The molecule has 1 unspecified atom stereocenters. The van der Waals surface area contributed by atoms with E-state index < -0.39 is 0 Å². The minimum absolute atomic E-state index is 0.149. The first-order chi connectivity index (χ1) is 10.5. The molecule has 0 aliphatic carbocycles. The first-order valence-corrected chi connectivity index (χ1v) is 7.34. The van der Waals surface area contributed by atoms with Crippen LogP contribution in [0.2, 0.25) is 10.0 Å². The summed E-state index contributed by atoms with van der Waals surface area (Å²) in [5.41, 5.74) is 0.810. The number of hydrogen-bond acceptors (Lipinski definition) is 2. The molecule has 0 spiro atoms. The van der Waals surface area contributed by atoms with Crippen molar-refractivity contribution in [2.45, 2.75) is 13.0 Å². The van der Waals surface area contributed by atoms with Crippen LogP contribution in [0.5, 0.6) is 5.75 Å². The Morgan fingerprint density at radius 3 is 2.50 bits per heavy atom. The number of halogens is 3. The molecule has 2 rings (SSSR count). The molecule has 6 heteroatoms. The third kappa shape index (κ3) is 4.61. The Morgan fingerprint density at radius 2 is 1.86 bits per heavy atom. The molecular weight excluding hydrogens is 328 g/mol. The van der Waals surface area contributed by atoms with E-state index in [9.17, 15) is 9.18 Å². The fourth-order valence-electron chi connectivity index (χ4n) is 1.83. The van der Waals surface area contributed by atoms with Crippen LogP contribution in [0.4, 0.5) is 4.39 Å². The molecule has 0 aliphatic rings. The highest BCUT2D eigenvalue weighted by Crippen LogP contribution is 2.26. The number of ether oxygens (including phenoxy) is 1. The quantitative estimate of drug-likeness (QED) is 0.875. The average molecular weight is 342 g/mol. The summed E-state index contributed by atoms with van der Waals surface area (Å²) >= 11 is 11.7. The normalized spacial score (nSPS) is 11.8. The highest BCUT2D eigenvalue weighted by atomic mass is 35.5. The Kier molecular flexibility index (Phi) is 5.63. The van der Waals surface area contributed by atoms with Crippen LogP contribution in [0.15, 0.2) is 42.5 Å². The molecular formula is C16H14Cl2FNO2. The molecule has 0 bridgehead atoms. The van der Waals surface area contributed by atoms with Crippen LogP contribution in [0.3, 0.4) is 0 Å². The lowest BCUT2D eigenvalue weighted by molar-refractivity contribution is -0.123. The molecule has 0 radical (unpaired) electrons. The van der Waals surface area contributed by atoms with Crippen molar-refractivity contribution in [2.24, 2.45) is 0 Å². The van der Waals surface area contributed by atoms with Gasteiger partial charge in [-0.2, -0.15) is 0 Å². The van der Waals surface area contributed by atoms with Crippen molar-refractivity contribution >= 4 is 29.1 Å². The fourth-order valence-corrected chi connectivity index (χ4v) is 2.12. The van der Waals surface area contributed by atoms with E-state index in [1.165, 1.54) is 12.1 Å². The summed E-state index contributed by atoms with van der Waals surface area (Å²) in [6.07, 6.45) is 0. The van der Waals surface area contributed by atoms with Gasteiger partial charge in [-0.3, -0.25) is 4.79 Å². The molecule has 22 heavy (non-hydrogen) atoms. The molecule has 2 aromatic rings. The second-order valence-corrected chi connectivity index (χ2v) is 5.52. The number of rotatable bonds is 5. The van der Waals surface area contributed by atoms with E-state index in [0.29, 0.717) is 15.8 Å². The van der Waals surface area contributed by atoms with Crippen LogP contribution in [0.25, 0.3) is 0 Å². The predicted molar refractivity (Wildman–Crippen MR) is 84.9 cm³/mol. The van der Waals surface area contributed by atoms with Gasteiger partial charge < -0.3 is 10.1 Å². The highest BCUT2D eigenvalue weighted by Gasteiger charge is 2.10. The van der Waals surface area contributed by atoms with Crippen molar-refractivity contribution < 1.29 is 13.9 Å². The topological polar surface area (TPSA) is 38.3 Å². The van der Waals surface area contributed by atoms with Crippen LogP contribution in [-0.2, 0) is 4.79 Å². The summed E-state index contributed by atoms with van der Waals surface area (Å²) in [5, 5.41) is 3.55. The van der Waals surface area contributed by atoms with Crippen molar-refractivity contribution in [1.82, 2.24) is 5.32 Å². The summed E-state index contributed by atoms with van der Waals surface area (Å²) in [6, 6.07) is 10.5. The lowest BCUT2D eigenvalue weighted by Gasteiger charge is -2.15. The second-order valence-electron chi connectivity index (χ2n) is 4.71. The lowest BCUT2D eigenvalue weighted by atomic mass is 10.1. The van der Waals surface area contributed by atoms with Crippen molar-refractivity contribution in [1.29, 1.82) is 0 Å². The Bertz CT molecular complexity index is 662. The van der Waals surface area contributed by atoms with Crippen molar-refractivity contribution in [3.63, 3.8) is 0 Å². The van der Waals surface area contributed by atoms with E-state index in [2.05, 4.69) is 5.32 Å². The smallest absolute Gasteiger partial charge is 0.258 e. The zero-order valence-electron chi connectivity index (χ0n) is 11.8. The Balaban J connectivity index is 1.87. The number of hydrogen-bond donors (Lipinski definition) is 1. The monoisotopic (exact) mass is 341 g/mol. The SMILES string of the molecule is CC(NC(=O)COc1ccc(Cl)c(Cl)c1)c1ccc(F)cc1. The van der Waals surface area contributed by atoms with Gasteiger partial charge in [0.25, 0.3) is 5.91 Å². The number of carbonyl (C=O) groups is 1. The largest absolute Gasteiger partial charge is 0.484 e. The maximum Gasteiger partial charge on any atom is 0.258 e. The van der Waals surface area contributed by atoms with E-state index in [-0.39, 0.29) is 24.4 Å². The molecule has 0 fully saturated rings. The molecule has 1 N–H and O–H groups in total. The van der Waals surface area contributed by atoms with Crippen LogP contribution in [-0.4, -0.2) is 12.5 Å². The average Bonchev–Trinajstić information content (AvgIpc) is 2.49. The molecule has 0 aromatic heterocycles. The fraction of sp³-hybridized carbons (Fsp3) is 0.188. The molecule has 0 saturated heterocycles. The minimum atomic E-state index is -0.315. The Morgan fingerprint density at radius 1 is 1.18 bits per heavy atom. The molecule has 0 heterocycles. The first-order valence-electron chi connectivity index (χ1n) is 6.58. The van der Waals surface area contributed by atoms with Gasteiger partial charge in [0.15, 0.2) is 6.61 Å². The van der Waals surface area contributed by atoms with Gasteiger partial charge in [-0.1, -0.05) is 35.3 Å². The van der Waals surface area contributed by atoms with E-state index >= 15 is 0 Å². The number of nitrogens with one attached hydrogen (secondary N) is 1. The number of carbonyl (C=O) groups excluding carboxylic acids is 1. The minimum Gasteiger partial charge on any atom is -0.484 e. The predicted octanol–water partition coefficient (Wildman–Crippen LogP) is 4.39. The molecule has 2 aromatic carbocycles. The summed E-state index contributed by atoms with van der Waals surface area (Å²) in [4.78, 5) is 11.8. The molecule has 0 saturated carbocycles. The second kappa shape index (κ2) is 7.47. The molecule has 1 atom stereocenters. The number of amides is 1. The van der Waals surface area contributed by atoms with Crippen molar-refractivity contribution in [2.75, 3.05) is 6.61 Å². The van der Waals surface area contributed by atoms with E-state index in [1.807, 2.05) is 6.92 Å². The summed E-state index contributed by atoms with van der Waals surface area (Å²) < 4.78 is 18.2. The van der Waals surface area contributed by atoms with E-state index in [1.54, 1.807) is 30.3 Å². The molecule has 1 amide bonds. The zero-order chi connectivity index (χ0) is 16.1. The van der Waals surface area contributed by atoms with Crippen LogP contribution < -0.4 is 10.1 Å². The standard InChI is InChI=1S/C16H14Cl2FNO2/c1-10(11-2-4-12(19)5-3-11)20-16(21)9-22-13-6-7-14(17)15(18)8-13/h2-8,10H,9H2,1H3,(H,20,21). The maximum atomic E-state index is 12.9. The third-order valence-corrected chi connectivity index (χ3v) is 3.75. The van der Waals surface area contributed by atoms with Crippen LogP contribution in [0, 0.1) is 5.82 Å². The summed E-state index contributed by atoms with van der Waals surface area (Å²) in [7, 11) is 0.